The molecule has 0 aromatic carbocycles. The average molecular weight is 240 g/mol. The second kappa shape index (κ2) is 5.49. The van der Waals surface area contributed by atoms with Gasteiger partial charge in [-0.2, -0.15) is 0 Å². The van der Waals surface area contributed by atoms with E-state index in [-0.39, 0.29) is 30.5 Å². The summed E-state index contributed by atoms with van der Waals surface area (Å²) >= 11 is 0. The highest BCUT2D eigenvalue weighted by Crippen LogP contribution is 2.27. The zero-order chi connectivity index (χ0) is 12.3. The number of hydrogen-bond donors (Lipinski definition) is 1. The van der Waals surface area contributed by atoms with Gasteiger partial charge in [0.25, 0.3) is 0 Å². The van der Waals surface area contributed by atoms with Gasteiger partial charge < -0.3 is 15.0 Å². The average Bonchev–Trinajstić information content (AvgIpc) is 2.65. The fourth-order valence-electron chi connectivity index (χ4n) is 2.76. The third-order valence-corrected chi connectivity index (χ3v) is 3.54. The summed E-state index contributed by atoms with van der Waals surface area (Å²) in [6, 6.07) is 0.401. The lowest BCUT2D eigenvalue weighted by Crippen LogP contribution is -2.46. The quantitative estimate of drug-likeness (QED) is 0.718. The molecule has 0 aliphatic carbocycles. The van der Waals surface area contributed by atoms with Crippen molar-refractivity contribution in [1.29, 1.82) is 0 Å². The van der Waals surface area contributed by atoms with Crippen LogP contribution < -0.4 is 5.32 Å². The van der Waals surface area contributed by atoms with Crippen molar-refractivity contribution in [2.45, 2.75) is 44.7 Å². The first kappa shape index (κ1) is 12.4. The van der Waals surface area contributed by atoms with Gasteiger partial charge in [-0.15, -0.1) is 0 Å². The number of piperidine rings is 1. The van der Waals surface area contributed by atoms with E-state index in [0.29, 0.717) is 13.0 Å². The van der Waals surface area contributed by atoms with Gasteiger partial charge in [0.2, 0.25) is 5.91 Å². The smallest absolute Gasteiger partial charge is 0.319 e. The van der Waals surface area contributed by atoms with E-state index in [4.69, 9.17) is 4.74 Å². The van der Waals surface area contributed by atoms with Crippen LogP contribution in [0.5, 0.6) is 0 Å². The van der Waals surface area contributed by atoms with Crippen molar-refractivity contribution >= 4 is 11.9 Å². The topological polar surface area (TPSA) is 58.6 Å². The SMILES string of the molecule is CCOC(=O)CNC1CC(=O)N2CCCCC12. The second-order valence-corrected chi connectivity index (χ2v) is 4.65. The van der Waals surface area contributed by atoms with Crippen LogP contribution in [0.3, 0.4) is 0 Å². The molecule has 1 amide bonds. The fraction of sp³-hybridized carbons (Fsp3) is 0.833. The molecule has 0 bridgehead atoms. The molecule has 0 aromatic heterocycles. The first-order valence-electron chi connectivity index (χ1n) is 6.41. The summed E-state index contributed by atoms with van der Waals surface area (Å²) in [6.07, 6.45) is 3.84. The molecular weight excluding hydrogens is 220 g/mol. The Labute approximate surface area is 101 Å². The van der Waals surface area contributed by atoms with E-state index in [1.165, 1.54) is 6.42 Å². The van der Waals surface area contributed by atoms with Gasteiger partial charge in [0, 0.05) is 25.0 Å². The first-order chi connectivity index (χ1) is 8.22. The van der Waals surface area contributed by atoms with Gasteiger partial charge in [-0.05, 0) is 26.2 Å². The van der Waals surface area contributed by atoms with Crippen molar-refractivity contribution in [2.75, 3.05) is 19.7 Å². The Balaban J connectivity index is 1.85. The molecule has 2 heterocycles. The molecule has 1 N–H and O–H groups in total. The zero-order valence-electron chi connectivity index (χ0n) is 10.3. The van der Waals surface area contributed by atoms with Crippen molar-refractivity contribution in [3.05, 3.63) is 0 Å². The standard InChI is InChI=1S/C12H20N2O3/c1-2-17-12(16)8-13-9-7-11(15)14-6-4-3-5-10(9)14/h9-10,13H,2-8H2,1H3. The molecule has 2 unspecified atom stereocenters. The summed E-state index contributed by atoms with van der Waals surface area (Å²) in [5.41, 5.74) is 0. The molecule has 5 nitrogen and oxygen atoms in total. The number of nitrogens with one attached hydrogen (secondary N) is 1. The minimum atomic E-state index is -0.241. The molecule has 2 rings (SSSR count). The highest BCUT2D eigenvalue weighted by Gasteiger charge is 2.40. The van der Waals surface area contributed by atoms with Crippen LogP contribution in [0.4, 0.5) is 0 Å². The Hall–Kier alpha value is -1.10. The molecule has 0 spiro atoms. The van der Waals surface area contributed by atoms with Crippen LogP contribution in [-0.4, -0.2) is 48.6 Å². The van der Waals surface area contributed by atoms with Crippen molar-refractivity contribution in [3.63, 3.8) is 0 Å². The normalized spacial score (nSPS) is 28.1. The molecular formula is C12H20N2O3. The maximum Gasteiger partial charge on any atom is 0.319 e. The summed E-state index contributed by atoms with van der Waals surface area (Å²) in [7, 11) is 0. The molecule has 2 saturated heterocycles. The highest BCUT2D eigenvalue weighted by atomic mass is 16.5. The molecule has 2 fully saturated rings. The Bertz CT molecular complexity index is 306. The summed E-state index contributed by atoms with van der Waals surface area (Å²) in [5, 5.41) is 3.16. The number of fused-ring (bicyclic) bond motifs is 1. The predicted octanol–water partition coefficient (Wildman–Crippen LogP) is 0.293. The summed E-state index contributed by atoms with van der Waals surface area (Å²) in [6.45, 7) is 3.27. The van der Waals surface area contributed by atoms with Gasteiger partial charge in [0.05, 0.1) is 13.2 Å². The lowest BCUT2D eigenvalue weighted by atomic mass is 9.99. The molecule has 0 aromatic rings. The van der Waals surface area contributed by atoms with Crippen molar-refractivity contribution in [2.24, 2.45) is 0 Å². The van der Waals surface area contributed by atoms with Gasteiger partial charge in [0.15, 0.2) is 0 Å². The third kappa shape index (κ3) is 2.77. The van der Waals surface area contributed by atoms with Crippen LogP contribution in [0.25, 0.3) is 0 Å². The Morgan fingerprint density at radius 2 is 2.35 bits per heavy atom. The molecule has 2 aliphatic rings. The molecule has 0 radical (unpaired) electrons. The van der Waals surface area contributed by atoms with Gasteiger partial charge in [-0.25, -0.2) is 0 Å². The molecule has 5 heteroatoms. The van der Waals surface area contributed by atoms with E-state index in [1.807, 2.05) is 4.90 Å². The Morgan fingerprint density at radius 1 is 1.53 bits per heavy atom. The molecule has 96 valence electrons. The first-order valence-corrected chi connectivity index (χ1v) is 6.41. The number of carbonyl (C=O) groups is 2. The summed E-state index contributed by atoms with van der Waals surface area (Å²) in [5.74, 6) is -0.0229. The predicted molar refractivity (Wildman–Crippen MR) is 62.4 cm³/mol. The number of esters is 1. The number of amides is 1. The minimum absolute atomic E-state index is 0.118. The van der Waals surface area contributed by atoms with E-state index < -0.39 is 0 Å². The van der Waals surface area contributed by atoms with Gasteiger partial charge in [-0.3, -0.25) is 9.59 Å². The van der Waals surface area contributed by atoms with E-state index in [0.717, 1.165) is 19.4 Å². The van der Waals surface area contributed by atoms with Crippen LogP contribution in [0.2, 0.25) is 0 Å². The van der Waals surface area contributed by atoms with E-state index >= 15 is 0 Å². The molecule has 2 aliphatic heterocycles. The number of rotatable bonds is 4. The Kier molecular flexibility index (Phi) is 3.99. The van der Waals surface area contributed by atoms with Gasteiger partial charge in [-0.1, -0.05) is 0 Å². The fourth-order valence-corrected chi connectivity index (χ4v) is 2.76. The van der Waals surface area contributed by atoms with Crippen molar-refractivity contribution in [1.82, 2.24) is 10.2 Å². The monoisotopic (exact) mass is 240 g/mol. The maximum absolute atomic E-state index is 11.8. The third-order valence-electron chi connectivity index (χ3n) is 3.54. The molecule has 0 saturated carbocycles. The van der Waals surface area contributed by atoms with E-state index in [9.17, 15) is 9.59 Å². The summed E-state index contributed by atoms with van der Waals surface area (Å²) < 4.78 is 4.86. The number of hydrogen-bond acceptors (Lipinski definition) is 4. The van der Waals surface area contributed by atoms with Gasteiger partial charge >= 0.3 is 5.97 Å². The minimum Gasteiger partial charge on any atom is -0.465 e. The largest absolute Gasteiger partial charge is 0.465 e. The summed E-state index contributed by atoms with van der Waals surface area (Å²) in [4.78, 5) is 25.0. The number of ether oxygens (including phenoxy) is 1. The van der Waals surface area contributed by atoms with Crippen molar-refractivity contribution in [3.8, 4) is 0 Å². The number of nitrogens with zero attached hydrogens (tertiary/aromatic N) is 1. The number of carbonyl (C=O) groups excluding carboxylic acids is 2. The maximum atomic E-state index is 11.8. The van der Waals surface area contributed by atoms with Crippen LogP contribution in [0, 0.1) is 0 Å². The Morgan fingerprint density at radius 3 is 3.12 bits per heavy atom. The second-order valence-electron chi connectivity index (χ2n) is 4.65. The van der Waals surface area contributed by atoms with E-state index in [2.05, 4.69) is 5.32 Å². The molecule has 2 atom stereocenters. The van der Waals surface area contributed by atoms with Crippen LogP contribution in [0.1, 0.15) is 32.6 Å². The molecule has 17 heavy (non-hydrogen) atoms. The lowest BCUT2D eigenvalue weighted by Gasteiger charge is -2.32. The highest BCUT2D eigenvalue weighted by molar-refractivity contribution is 5.80. The zero-order valence-corrected chi connectivity index (χ0v) is 10.3. The van der Waals surface area contributed by atoms with Crippen LogP contribution >= 0.6 is 0 Å². The van der Waals surface area contributed by atoms with Crippen LogP contribution in [0.15, 0.2) is 0 Å². The van der Waals surface area contributed by atoms with Crippen LogP contribution in [-0.2, 0) is 14.3 Å². The van der Waals surface area contributed by atoms with E-state index in [1.54, 1.807) is 6.92 Å². The van der Waals surface area contributed by atoms with Gasteiger partial charge in [0.1, 0.15) is 0 Å². The lowest BCUT2D eigenvalue weighted by molar-refractivity contribution is -0.142. The van der Waals surface area contributed by atoms with Crippen molar-refractivity contribution < 1.29 is 14.3 Å².